The number of hydrogen-bond acceptors (Lipinski definition) is 2. The van der Waals surface area contributed by atoms with Gasteiger partial charge in [0.25, 0.3) is 10.1 Å². The Kier molecular flexibility index (Phi) is 34.6. The van der Waals surface area contributed by atoms with E-state index < -0.39 is 10.1 Å². The average molecular weight is 465 g/mol. The first-order chi connectivity index (χ1) is 13.6. The van der Waals surface area contributed by atoms with Gasteiger partial charge in [-0.3, -0.25) is 4.55 Å². The largest absolute Gasteiger partial charge is 1.00 e. The van der Waals surface area contributed by atoms with Crippen molar-refractivity contribution >= 4 is 10.1 Å². The molecular formula is C24H50Na2O3S. The monoisotopic (exact) mass is 464 g/mol. The second kappa shape index (κ2) is 28.7. The first-order valence-corrected chi connectivity index (χ1v) is 13.7. The summed E-state index contributed by atoms with van der Waals surface area (Å²) in [6.45, 7) is 2.28. The third-order valence-corrected chi connectivity index (χ3v) is 6.03. The molecule has 30 heavy (non-hydrogen) atoms. The molecule has 172 valence electrons. The molecule has 0 aliphatic rings. The summed E-state index contributed by atoms with van der Waals surface area (Å²) in [5.41, 5.74) is 0. The van der Waals surface area contributed by atoms with Gasteiger partial charge in [-0.15, -0.1) is 0 Å². The molecule has 0 amide bonds. The minimum absolute atomic E-state index is 0. The van der Waals surface area contributed by atoms with Gasteiger partial charge in [0, 0.05) is 0 Å². The quantitative estimate of drug-likeness (QED) is 0.152. The van der Waals surface area contributed by atoms with E-state index in [1.165, 1.54) is 116 Å². The van der Waals surface area contributed by atoms with Crippen LogP contribution in [0.4, 0.5) is 0 Å². The molecule has 0 rings (SSSR count). The van der Waals surface area contributed by atoms with Gasteiger partial charge in [0.2, 0.25) is 0 Å². The van der Waals surface area contributed by atoms with Crippen molar-refractivity contribution in [2.24, 2.45) is 0 Å². The van der Waals surface area contributed by atoms with Gasteiger partial charge in [-0.1, -0.05) is 135 Å². The first kappa shape index (κ1) is 36.2. The van der Waals surface area contributed by atoms with E-state index >= 15 is 0 Å². The maximum Gasteiger partial charge on any atom is 1.00 e. The second-order valence-electron chi connectivity index (χ2n) is 8.39. The van der Waals surface area contributed by atoms with Crippen LogP contribution in [0.25, 0.3) is 0 Å². The second-order valence-corrected chi connectivity index (χ2v) is 9.70. The van der Waals surface area contributed by atoms with Crippen molar-refractivity contribution in [2.45, 2.75) is 142 Å². The Balaban J connectivity index is -0.000000607. The predicted molar refractivity (Wildman–Crippen MR) is 126 cm³/mol. The van der Waals surface area contributed by atoms with E-state index in [1.54, 1.807) is 6.08 Å². The predicted octanol–water partition coefficient (Wildman–Crippen LogP) is 2.83. The molecule has 0 heterocycles. The van der Waals surface area contributed by atoms with Crippen LogP contribution in [0.3, 0.4) is 0 Å². The van der Waals surface area contributed by atoms with E-state index in [2.05, 4.69) is 6.92 Å². The Bertz CT molecular complexity index is 451. The molecule has 0 aromatic heterocycles. The first-order valence-electron chi connectivity index (χ1n) is 12.2. The van der Waals surface area contributed by atoms with Crippen LogP contribution in [0, 0.1) is 0 Å². The fourth-order valence-electron chi connectivity index (χ4n) is 3.71. The molecule has 0 unspecified atom stereocenters. The van der Waals surface area contributed by atoms with Gasteiger partial charge in [0.1, 0.15) is 0 Å². The molecule has 0 spiro atoms. The van der Waals surface area contributed by atoms with Crippen LogP contribution in [0.15, 0.2) is 11.5 Å². The van der Waals surface area contributed by atoms with Crippen LogP contribution >= 0.6 is 0 Å². The Hall–Kier alpha value is 1.65. The van der Waals surface area contributed by atoms with E-state index in [0.29, 0.717) is 0 Å². The molecule has 0 radical (unpaired) electrons. The molecule has 3 nitrogen and oxygen atoms in total. The number of hydrogen-bond donors (Lipinski definition) is 1. The number of unbranched alkanes of at least 4 members (excludes halogenated alkanes) is 20. The average Bonchev–Trinajstić information content (AvgIpc) is 2.65. The van der Waals surface area contributed by atoms with Gasteiger partial charge in [0.15, 0.2) is 0 Å². The van der Waals surface area contributed by atoms with Crippen molar-refractivity contribution in [3.05, 3.63) is 11.5 Å². The zero-order valence-electron chi connectivity index (χ0n) is 22.7. The smallest absolute Gasteiger partial charge is 1.00 e. The van der Waals surface area contributed by atoms with Crippen LogP contribution in [0.1, 0.15) is 145 Å². The normalized spacial score (nSPS) is 11.4. The fraction of sp³-hybridized carbons (Fsp3) is 0.917. The van der Waals surface area contributed by atoms with Crippen molar-refractivity contribution in [3.63, 3.8) is 0 Å². The summed E-state index contributed by atoms with van der Waals surface area (Å²) in [4.78, 5) is 0. The van der Waals surface area contributed by atoms with E-state index in [1.807, 2.05) is 0 Å². The Morgan fingerprint density at radius 2 is 0.833 bits per heavy atom. The van der Waals surface area contributed by atoms with Crippen LogP contribution < -0.4 is 59.1 Å². The molecular weight excluding hydrogens is 414 g/mol. The molecule has 0 saturated heterocycles. The summed E-state index contributed by atoms with van der Waals surface area (Å²) in [6, 6.07) is 0. The summed E-state index contributed by atoms with van der Waals surface area (Å²) in [5, 5.41) is 0.891. The van der Waals surface area contributed by atoms with Crippen LogP contribution in [-0.2, 0) is 10.1 Å². The number of allylic oxidation sites excluding steroid dienone is 1. The minimum atomic E-state index is -3.93. The van der Waals surface area contributed by atoms with Gasteiger partial charge < -0.3 is 2.85 Å². The summed E-state index contributed by atoms with van der Waals surface area (Å²) in [5.74, 6) is 0. The van der Waals surface area contributed by atoms with Crippen molar-refractivity contribution in [1.82, 2.24) is 0 Å². The number of rotatable bonds is 22. The van der Waals surface area contributed by atoms with Gasteiger partial charge in [0.05, 0.1) is 5.41 Å². The molecule has 1 N–H and O–H groups in total. The summed E-state index contributed by atoms with van der Waals surface area (Å²) in [6.07, 6.45) is 29.6. The summed E-state index contributed by atoms with van der Waals surface area (Å²) in [7, 11) is -3.93. The maximum atomic E-state index is 10.5. The summed E-state index contributed by atoms with van der Waals surface area (Å²) >= 11 is 0. The molecule has 6 heteroatoms. The Morgan fingerprint density at radius 3 is 1.10 bits per heavy atom. The zero-order valence-corrected chi connectivity index (χ0v) is 25.5. The molecule has 0 aliphatic heterocycles. The molecule has 0 aliphatic carbocycles. The Labute approximate surface area is 236 Å². The molecule has 0 saturated carbocycles. The maximum absolute atomic E-state index is 10.5. The molecule has 0 atom stereocenters. The van der Waals surface area contributed by atoms with Crippen LogP contribution in [0.5, 0.6) is 0 Å². The fourth-order valence-corrected chi connectivity index (χ4v) is 4.09. The minimum Gasteiger partial charge on any atom is -1.00 e. The third kappa shape index (κ3) is 34.3. The third-order valence-electron chi connectivity index (χ3n) is 5.49. The molecule has 0 bridgehead atoms. The van der Waals surface area contributed by atoms with Crippen molar-refractivity contribution in [1.29, 1.82) is 0 Å². The SMILES string of the molecule is CCCCCCCCCCCCCCCCCCCCCCC=CS(=O)(=O)O.[H-].[H-].[Na+].[Na+]. The van der Waals surface area contributed by atoms with Crippen molar-refractivity contribution in [3.8, 4) is 0 Å². The van der Waals surface area contributed by atoms with E-state index in [4.69, 9.17) is 4.55 Å². The van der Waals surface area contributed by atoms with Crippen LogP contribution in [0.2, 0.25) is 0 Å². The topological polar surface area (TPSA) is 54.4 Å². The molecule has 0 aromatic carbocycles. The Morgan fingerprint density at radius 1 is 0.567 bits per heavy atom. The van der Waals surface area contributed by atoms with Crippen molar-refractivity contribution < 1.29 is 74.9 Å². The van der Waals surface area contributed by atoms with E-state index in [0.717, 1.165) is 24.7 Å². The summed E-state index contributed by atoms with van der Waals surface area (Å²) < 4.78 is 29.6. The standard InChI is InChI=1S/C24H48O3S.2Na.2H/c1-2-3-4-5-6-7-8-9-10-11-12-13-14-15-16-17-18-19-20-21-22-23-24-28(25,26)27;;;;/h23-24H,2-22H2,1H3,(H,25,26,27);;;;/q;2*+1;2*-1. The van der Waals surface area contributed by atoms with Crippen LogP contribution in [-0.4, -0.2) is 13.0 Å². The molecule has 0 fully saturated rings. The zero-order chi connectivity index (χ0) is 20.8. The van der Waals surface area contributed by atoms with Gasteiger partial charge in [-0.2, -0.15) is 8.42 Å². The van der Waals surface area contributed by atoms with Crippen molar-refractivity contribution in [2.75, 3.05) is 0 Å². The van der Waals surface area contributed by atoms with E-state index in [-0.39, 0.29) is 62.0 Å². The van der Waals surface area contributed by atoms with Gasteiger partial charge in [-0.25, -0.2) is 0 Å². The van der Waals surface area contributed by atoms with E-state index in [9.17, 15) is 8.42 Å². The molecule has 0 aromatic rings. The van der Waals surface area contributed by atoms with Gasteiger partial charge >= 0.3 is 59.1 Å². The van der Waals surface area contributed by atoms with Gasteiger partial charge in [-0.05, 0) is 12.8 Å².